The fraction of sp³-hybridized carbons (Fsp3) is 0.304. The molecule has 0 bridgehead atoms. The number of nitrogens with two attached hydrogens (primary N) is 1. The lowest BCUT2D eigenvalue weighted by molar-refractivity contribution is -0.117. The van der Waals surface area contributed by atoms with Gasteiger partial charge in [-0.25, -0.2) is 13.8 Å². The summed E-state index contributed by atoms with van der Waals surface area (Å²) in [5, 5.41) is 12.7. The molecule has 0 saturated carbocycles. The molecule has 5 N–H and O–H groups in total. The van der Waals surface area contributed by atoms with Gasteiger partial charge in [-0.2, -0.15) is 5.10 Å². The molecule has 3 aromatic rings. The Kier molecular flexibility index (Phi) is 8.25. The molecule has 2 aromatic heterocycles. The van der Waals surface area contributed by atoms with Gasteiger partial charge in [-0.3, -0.25) is 14.3 Å². The fourth-order valence-electron chi connectivity index (χ4n) is 3.25. The number of rotatable bonds is 11. The molecule has 3 rings (SSSR count). The molecule has 0 radical (unpaired) electrons. The Bertz CT molecular complexity index is 1170. The first-order chi connectivity index (χ1) is 16.2. The van der Waals surface area contributed by atoms with Crippen LogP contribution < -0.4 is 21.7 Å². The van der Waals surface area contributed by atoms with Crippen LogP contribution in [0, 0.1) is 11.6 Å². The lowest BCUT2D eigenvalue weighted by Crippen LogP contribution is -2.42. The van der Waals surface area contributed by atoms with Crippen molar-refractivity contribution in [1.29, 1.82) is 0 Å². The van der Waals surface area contributed by atoms with Crippen molar-refractivity contribution >= 4 is 17.6 Å². The van der Waals surface area contributed by atoms with Crippen LogP contribution in [0.15, 0.2) is 42.7 Å². The second-order valence-electron chi connectivity index (χ2n) is 7.88. The van der Waals surface area contributed by atoms with E-state index in [4.69, 9.17) is 5.73 Å². The van der Waals surface area contributed by atoms with Crippen LogP contribution in [0.3, 0.4) is 0 Å². The van der Waals surface area contributed by atoms with Crippen LogP contribution in [0.2, 0.25) is 0 Å². The highest BCUT2D eigenvalue weighted by Crippen LogP contribution is 2.25. The summed E-state index contributed by atoms with van der Waals surface area (Å²) in [6.45, 7) is 2.26. The number of pyridine rings is 1. The Hall–Kier alpha value is -3.86. The van der Waals surface area contributed by atoms with Crippen LogP contribution in [-0.2, 0) is 18.3 Å². The number of hydrogen-bond acceptors (Lipinski definition) is 6. The average Bonchev–Trinajstić information content (AvgIpc) is 3.22. The van der Waals surface area contributed by atoms with E-state index in [2.05, 4.69) is 26.0 Å². The molecule has 11 heteroatoms. The molecule has 0 aliphatic heterocycles. The SMILES string of the molecule is C[C@H](CNC(=O)c1cc(F)c(-c2cnn(C)c2)nc1NCCc1cccc(F)c1)NCC(N)=O. The molecule has 0 fully saturated rings. The molecule has 0 aliphatic rings. The summed E-state index contributed by atoms with van der Waals surface area (Å²) in [5.74, 6) is -1.87. The highest BCUT2D eigenvalue weighted by molar-refractivity contribution is 5.99. The molecule has 180 valence electrons. The zero-order chi connectivity index (χ0) is 24.7. The van der Waals surface area contributed by atoms with E-state index in [9.17, 15) is 18.4 Å². The predicted molar refractivity (Wildman–Crippen MR) is 124 cm³/mol. The number of benzene rings is 1. The van der Waals surface area contributed by atoms with E-state index in [1.54, 1.807) is 32.3 Å². The number of carbonyl (C=O) groups is 2. The number of nitrogens with one attached hydrogen (secondary N) is 3. The van der Waals surface area contributed by atoms with Gasteiger partial charge >= 0.3 is 0 Å². The first-order valence-corrected chi connectivity index (χ1v) is 10.7. The first kappa shape index (κ1) is 24.8. The number of aryl methyl sites for hydroxylation is 1. The van der Waals surface area contributed by atoms with Crippen LogP contribution in [0.4, 0.5) is 14.6 Å². The maximum absolute atomic E-state index is 14.9. The minimum atomic E-state index is -0.672. The quantitative estimate of drug-likeness (QED) is 0.337. The molecule has 2 amide bonds. The number of primary amides is 1. The molecule has 0 saturated heterocycles. The maximum atomic E-state index is 14.9. The van der Waals surface area contributed by atoms with Crippen molar-refractivity contribution < 1.29 is 18.4 Å². The zero-order valence-electron chi connectivity index (χ0n) is 18.9. The van der Waals surface area contributed by atoms with Crippen LogP contribution in [0.5, 0.6) is 0 Å². The zero-order valence-corrected chi connectivity index (χ0v) is 18.9. The Morgan fingerprint density at radius 1 is 1.24 bits per heavy atom. The summed E-state index contributed by atoms with van der Waals surface area (Å²) in [7, 11) is 1.70. The third kappa shape index (κ3) is 6.82. The summed E-state index contributed by atoms with van der Waals surface area (Å²) in [6, 6.07) is 7.07. The van der Waals surface area contributed by atoms with Crippen molar-refractivity contribution in [3.8, 4) is 11.3 Å². The molecular formula is C23H27F2N7O2. The summed E-state index contributed by atoms with van der Waals surface area (Å²) in [4.78, 5) is 28.1. The Balaban J connectivity index is 1.79. The number of halogens is 2. The highest BCUT2D eigenvalue weighted by atomic mass is 19.1. The lowest BCUT2D eigenvalue weighted by atomic mass is 10.1. The van der Waals surface area contributed by atoms with Gasteiger partial charge in [0, 0.05) is 37.9 Å². The van der Waals surface area contributed by atoms with Gasteiger partial charge in [-0.1, -0.05) is 12.1 Å². The van der Waals surface area contributed by atoms with Gasteiger partial charge in [0.2, 0.25) is 5.91 Å². The molecule has 9 nitrogen and oxygen atoms in total. The first-order valence-electron chi connectivity index (χ1n) is 10.7. The van der Waals surface area contributed by atoms with Crippen LogP contribution >= 0.6 is 0 Å². The van der Waals surface area contributed by atoms with Gasteiger partial charge in [-0.15, -0.1) is 0 Å². The summed E-state index contributed by atoms with van der Waals surface area (Å²) >= 11 is 0. The largest absolute Gasteiger partial charge is 0.369 e. The van der Waals surface area contributed by atoms with E-state index in [0.29, 0.717) is 18.5 Å². The lowest BCUT2D eigenvalue weighted by Gasteiger charge is -2.16. The Morgan fingerprint density at radius 2 is 2.03 bits per heavy atom. The van der Waals surface area contributed by atoms with Crippen molar-refractivity contribution in [3.05, 3.63) is 65.5 Å². The molecule has 1 aromatic carbocycles. The van der Waals surface area contributed by atoms with Gasteiger partial charge in [0.1, 0.15) is 17.3 Å². The van der Waals surface area contributed by atoms with E-state index in [0.717, 1.165) is 11.6 Å². The average molecular weight is 472 g/mol. The van der Waals surface area contributed by atoms with Gasteiger partial charge in [0.25, 0.3) is 5.91 Å². The molecule has 1 atom stereocenters. The third-order valence-electron chi connectivity index (χ3n) is 4.99. The topological polar surface area (TPSA) is 127 Å². The number of hydrogen-bond donors (Lipinski definition) is 4. The second-order valence-corrected chi connectivity index (χ2v) is 7.88. The van der Waals surface area contributed by atoms with Crippen LogP contribution in [-0.4, -0.2) is 52.3 Å². The van der Waals surface area contributed by atoms with Crippen molar-refractivity contribution in [2.24, 2.45) is 12.8 Å². The van der Waals surface area contributed by atoms with E-state index in [1.807, 2.05) is 0 Å². The van der Waals surface area contributed by atoms with Crippen LogP contribution in [0.1, 0.15) is 22.8 Å². The Labute approximate surface area is 195 Å². The van der Waals surface area contributed by atoms with Crippen molar-refractivity contribution in [1.82, 2.24) is 25.4 Å². The third-order valence-corrected chi connectivity index (χ3v) is 4.99. The van der Waals surface area contributed by atoms with Crippen molar-refractivity contribution in [2.75, 3.05) is 25.0 Å². The second kappa shape index (κ2) is 11.3. The van der Waals surface area contributed by atoms with Crippen LogP contribution in [0.25, 0.3) is 11.3 Å². The summed E-state index contributed by atoms with van der Waals surface area (Å²) in [5.41, 5.74) is 6.41. The maximum Gasteiger partial charge on any atom is 0.255 e. The number of amides is 2. The van der Waals surface area contributed by atoms with Crippen molar-refractivity contribution in [2.45, 2.75) is 19.4 Å². The van der Waals surface area contributed by atoms with E-state index in [1.165, 1.54) is 23.0 Å². The molecule has 0 spiro atoms. The normalized spacial score (nSPS) is 11.8. The Morgan fingerprint density at radius 3 is 2.71 bits per heavy atom. The van der Waals surface area contributed by atoms with Gasteiger partial charge < -0.3 is 21.7 Å². The molecule has 0 aliphatic carbocycles. The number of anilines is 1. The van der Waals surface area contributed by atoms with E-state index in [-0.39, 0.29) is 42.0 Å². The number of aromatic nitrogens is 3. The summed E-state index contributed by atoms with van der Waals surface area (Å²) < 4.78 is 29.9. The van der Waals surface area contributed by atoms with Crippen molar-refractivity contribution in [3.63, 3.8) is 0 Å². The summed E-state index contributed by atoms with van der Waals surface area (Å²) in [6.07, 6.45) is 3.57. The molecular weight excluding hydrogens is 444 g/mol. The van der Waals surface area contributed by atoms with E-state index >= 15 is 0 Å². The minimum absolute atomic E-state index is 0.0199. The predicted octanol–water partition coefficient (Wildman–Crippen LogP) is 1.61. The molecule has 2 heterocycles. The molecule has 0 unspecified atom stereocenters. The fourth-order valence-corrected chi connectivity index (χ4v) is 3.25. The molecule has 34 heavy (non-hydrogen) atoms. The number of carbonyl (C=O) groups excluding carboxylic acids is 2. The minimum Gasteiger partial charge on any atom is -0.369 e. The standard InChI is InChI=1S/C23H27F2N7O2/c1-14(28-12-20(26)33)10-29-23(34)18-9-19(25)21(16-11-30-32(2)13-16)31-22(18)27-7-6-15-4-3-5-17(24)8-15/h3-5,8-9,11,13-14,28H,6-7,10,12H2,1-2H3,(H2,26,33)(H,27,31)(H,29,34)/t14-/m1/s1. The van der Waals surface area contributed by atoms with E-state index < -0.39 is 17.6 Å². The monoisotopic (exact) mass is 471 g/mol. The highest BCUT2D eigenvalue weighted by Gasteiger charge is 2.20. The number of nitrogens with zero attached hydrogens (tertiary/aromatic N) is 3. The van der Waals surface area contributed by atoms with Gasteiger partial charge in [-0.05, 0) is 37.1 Å². The van der Waals surface area contributed by atoms with Gasteiger partial charge in [0.15, 0.2) is 5.82 Å². The smallest absolute Gasteiger partial charge is 0.255 e. The van der Waals surface area contributed by atoms with Gasteiger partial charge in [0.05, 0.1) is 18.3 Å².